The molecular formula is C9H6ClFS2. The predicted molar refractivity (Wildman–Crippen MR) is 58.6 cm³/mol. The van der Waals surface area contributed by atoms with E-state index in [0.29, 0.717) is 15.5 Å². The van der Waals surface area contributed by atoms with E-state index in [4.69, 9.17) is 11.6 Å². The maximum absolute atomic E-state index is 13.6. The maximum atomic E-state index is 13.6. The first kappa shape index (κ1) is 9.31. The first-order valence-corrected chi connectivity index (χ1v) is 5.53. The molecule has 0 atom stereocenters. The second-order valence-corrected chi connectivity index (χ2v) is 4.30. The van der Waals surface area contributed by atoms with Crippen LogP contribution < -0.4 is 0 Å². The second-order valence-electron chi connectivity index (χ2n) is 2.67. The molecule has 4 heteroatoms. The van der Waals surface area contributed by atoms with Crippen molar-refractivity contribution in [1.82, 2.24) is 0 Å². The SMILES string of the molecule is Fc1c(S)c(CCl)cc2ccsc12. The van der Waals surface area contributed by atoms with Crippen molar-refractivity contribution in [3.05, 3.63) is 28.9 Å². The standard InChI is InChI=1S/C9H6ClFS2/c10-4-6-3-5-1-2-13-9(5)7(11)8(6)12/h1-3,12H,4H2. The van der Waals surface area contributed by atoms with Crippen LogP contribution in [-0.2, 0) is 5.88 Å². The monoisotopic (exact) mass is 232 g/mol. The fourth-order valence-corrected chi connectivity index (χ4v) is 2.67. The van der Waals surface area contributed by atoms with E-state index < -0.39 is 0 Å². The molecule has 1 heterocycles. The van der Waals surface area contributed by atoms with Gasteiger partial charge in [0.05, 0.1) is 4.70 Å². The fourth-order valence-electron chi connectivity index (χ4n) is 1.22. The third-order valence-electron chi connectivity index (χ3n) is 1.88. The molecule has 1 aromatic heterocycles. The van der Waals surface area contributed by atoms with Gasteiger partial charge in [-0.1, -0.05) is 0 Å². The highest BCUT2D eigenvalue weighted by Crippen LogP contribution is 2.31. The number of thiophene rings is 1. The molecule has 1 aromatic carbocycles. The zero-order valence-electron chi connectivity index (χ0n) is 6.55. The van der Waals surface area contributed by atoms with Crippen molar-refractivity contribution in [2.75, 3.05) is 0 Å². The van der Waals surface area contributed by atoms with Gasteiger partial charge in [-0.3, -0.25) is 0 Å². The zero-order chi connectivity index (χ0) is 9.42. The molecule has 0 aliphatic rings. The van der Waals surface area contributed by atoms with E-state index in [-0.39, 0.29) is 5.82 Å². The van der Waals surface area contributed by atoms with Gasteiger partial charge in [0.25, 0.3) is 0 Å². The predicted octanol–water partition coefficient (Wildman–Crippen LogP) is 4.07. The van der Waals surface area contributed by atoms with Crippen LogP contribution in [0, 0.1) is 5.82 Å². The molecule has 0 spiro atoms. The summed E-state index contributed by atoms with van der Waals surface area (Å²) in [5, 5.41) is 2.76. The average Bonchev–Trinajstić information content (AvgIpc) is 2.59. The number of fused-ring (bicyclic) bond motifs is 1. The molecule has 0 aliphatic heterocycles. The Morgan fingerprint density at radius 2 is 2.31 bits per heavy atom. The van der Waals surface area contributed by atoms with Crippen molar-refractivity contribution < 1.29 is 4.39 Å². The Labute approximate surface area is 89.7 Å². The molecule has 0 radical (unpaired) electrons. The van der Waals surface area contributed by atoms with Gasteiger partial charge in [0, 0.05) is 10.8 Å². The summed E-state index contributed by atoms with van der Waals surface area (Å²) in [4.78, 5) is 0.366. The van der Waals surface area contributed by atoms with Gasteiger partial charge < -0.3 is 0 Å². The molecule has 2 aromatic rings. The minimum atomic E-state index is -0.258. The number of halogens is 2. The molecule has 0 bridgehead atoms. The largest absolute Gasteiger partial charge is 0.204 e. The molecule has 0 aliphatic carbocycles. The molecule has 0 saturated heterocycles. The van der Waals surface area contributed by atoms with Gasteiger partial charge in [-0.2, -0.15) is 0 Å². The highest BCUT2D eigenvalue weighted by atomic mass is 35.5. The Balaban J connectivity index is 2.83. The molecule has 13 heavy (non-hydrogen) atoms. The van der Waals surface area contributed by atoms with E-state index in [1.807, 2.05) is 17.5 Å². The molecule has 0 N–H and O–H groups in total. The van der Waals surface area contributed by atoms with Crippen LogP contribution in [0.15, 0.2) is 22.4 Å². The van der Waals surface area contributed by atoms with Gasteiger partial charge in [0.2, 0.25) is 0 Å². The van der Waals surface area contributed by atoms with Crippen molar-refractivity contribution >= 4 is 45.7 Å². The van der Waals surface area contributed by atoms with E-state index >= 15 is 0 Å². The first-order valence-electron chi connectivity index (χ1n) is 3.67. The highest BCUT2D eigenvalue weighted by Gasteiger charge is 2.10. The van der Waals surface area contributed by atoms with E-state index in [1.165, 1.54) is 11.3 Å². The summed E-state index contributed by atoms with van der Waals surface area (Å²) in [6, 6.07) is 3.76. The number of alkyl halides is 1. The van der Waals surface area contributed by atoms with Crippen LogP contribution in [0.4, 0.5) is 4.39 Å². The Bertz CT molecular complexity index is 450. The summed E-state index contributed by atoms with van der Waals surface area (Å²) in [6.07, 6.45) is 0. The van der Waals surface area contributed by atoms with Crippen molar-refractivity contribution in [1.29, 1.82) is 0 Å². The van der Waals surface area contributed by atoms with Crippen molar-refractivity contribution in [2.24, 2.45) is 0 Å². The third-order valence-corrected chi connectivity index (χ3v) is 3.58. The highest BCUT2D eigenvalue weighted by molar-refractivity contribution is 7.80. The van der Waals surface area contributed by atoms with Gasteiger partial charge in [0.15, 0.2) is 5.82 Å². The lowest BCUT2D eigenvalue weighted by molar-refractivity contribution is 0.614. The summed E-state index contributed by atoms with van der Waals surface area (Å²) in [6.45, 7) is 0. The minimum Gasteiger partial charge on any atom is -0.204 e. The number of hydrogen-bond acceptors (Lipinski definition) is 2. The van der Waals surface area contributed by atoms with E-state index in [2.05, 4.69) is 12.6 Å². The van der Waals surface area contributed by atoms with Crippen LogP contribution in [0.5, 0.6) is 0 Å². The lowest BCUT2D eigenvalue weighted by atomic mass is 10.2. The van der Waals surface area contributed by atoms with Crippen LogP contribution in [0.1, 0.15) is 5.56 Å². The zero-order valence-corrected chi connectivity index (χ0v) is 9.02. The van der Waals surface area contributed by atoms with Crippen molar-refractivity contribution in [3.63, 3.8) is 0 Å². The topological polar surface area (TPSA) is 0 Å². The van der Waals surface area contributed by atoms with Crippen LogP contribution >= 0.6 is 35.6 Å². The molecular weight excluding hydrogens is 227 g/mol. The van der Waals surface area contributed by atoms with Gasteiger partial charge in [-0.15, -0.1) is 35.6 Å². The van der Waals surface area contributed by atoms with E-state index in [9.17, 15) is 4.39 Å². The molecule has 0 unspecified atom stereocenters. The van der Waals surface area contributed by atoms with E-state index in [0.717, 1.165) is 10.9 Å². The number of thiol groups is 1. The summed E-state index contributed by atoms with van der Waals surface area (Å²) < 4.78 is 14.2. The van der Waals surface area contributed by atoms with Gasteiger partial charge in [0.1, 0.15) is 0 Å². The van der Waals surface area contributed by atoms with E-state index in [1.54, 1.807) is 0 Å². The molecule has 0 fully saturated rings. The summed E-state index contributed by atoms with van der Waals surface area (Å²) in [5.74, 6) is 0.0353. The normalized spacial score (nSPS) is 11.0. The molecule has 0 saturated carbocycles. The summed E-state index contributed by atoms with van der Waals surface area (Å²) in [5.41, 5.74) is 0.744. The van der Waals surface area contributed by atoms with Crippen molar-refractivity contribution in [2.45, 2.75) is 10.8 Å². The summed E-state index contributed by atoms with van der Waals surface area (Å²) in [7, 11) is 0. The molecule has 68 valence electrons. The Hall–Kier alpha value is -0.250. The second kappa shape index (κ2) is 3.48. The van der Waals surface area contributed by atoms with Crippen LogP contribution in [0.2, 0.25) is 0 Å². The number of hydrogen-bond donors (Lipinski definition) is 1. The van der Waals surface area contributed by atoms with Crippen LogP contribution in [0.25, 0.3) is 10.1 Å². The smallest absolute Gasteiger partial charge is 0.154 e. The molecule has 0 amide bonds. The van der Waals surface area contributed by atoms with Gasteiger partial charge in [-0.25, -0.2) is 4.39 Å². The summed E-state index contributed by atoms with van der Waals surface area (Å²) >= 11 is 11.1. The van der Waals surface area contributed by atoms with Crippen molar-refractivity contribution in [3.8, 4) is 0 Å². The Morgan fingerprint density at radius 3 is 3.00 bits per heavy atom. The van der Waals surface area contributed by atoms with Crippen LogP contribution in [0.3, 0.4) is 0 Å². The van der Waals surface area contributed by atoms with Gasteiger partial charge >= 0.3 is 0 Å². The third kappa shape index (κ3) is 1.45. The van der Waals surface area contributed by atoms with Gasteiger partial charge in [-0.05, 0) is 28.5 Å². The number of rotatable bonds is 1. The Morgan fingerprint density at radius 1 is 1.54 bits per heavy atom. The Kier molecular flexibility index (Phi) is 2.49. The maximum Gasteiger partial charge on any atom is 0.154 e. The lowest BCUT2D eigenvalue weighted by Crippen LogP contribution is -1.86. The molecule has 2 rings (SSSR count). The number of benzene rings is 1. The first-order chi connectivity index (χ1) is 6.24. The van der Waals surface area contributed by atoms with Crippen LogP contribution in [-0.4, -0.2) is 0 Å². The lowest BCUT2D eigenvalue weighted by Gasteiger charge is -2.03. The quantitative estimate of drug-likeness (QED) is 0.556. The average molecular weight is 233 g/mol. The molecule has 0 nitrogen and oxygen atoms in total. The minimum absolute atomic E-state index is 0.258. The fraction of sp³-hybridized carbons (Fsp3) is 0.111.